The smallest absolute Gasteiger partial charge is 0.207 e. The number of imidazole rings is 1. The maximum Gasteiger partial charge on any atom is 0.207 e. The standard InChI is InChI=1S/C11H17N3O2/c1-13(2)5-4-11(15)10-8-14(9-12-10)6-7-16-3/h4-5,8-9H,6-7H2,1-3H3/b5-4+. The second-order valence-corrected chi connectivity index (χ2v) is 3.63. The molecule has 0 fully saturated rings. The summed E-state index contributed by atoms with van der Waals surface area (Å²) in [6.45, 7) is 1.31. The first kappa shape index (κ1) is 12.4. The molecule has 0 aliphatic carbocycles. The van der Waals surface area contributed by atoms with E-state index in [1.165, 1.54) is 6.08 Å². The number of ketones is 1. The molecule has 0 N–H and O–H groups in total. The maximum atomic E-state index is 11.6. The Kier molecular flexibility index (Phi) is 4.72. The Hall–Kier alpha value is -1.62. The first-order valence-electron chi connectivity index (χ1n) is 5.03. The number of hydrogen-bond donors (Lipinski definition) is 0. The van der Waals surface area contributed by atoms with E-state index >= 15 is 0 Å². The second-order valence-electron chi connectivity index (χ2n) is 3.63. The van der Waals surface area contributed by atoms with Crippen LogP contribution in [0.25, 0.3) is 0 Å². The van der Waals surface area contributed by atoms with E-state index in [-0.39, 0.29) is 5.78 Å². The van der Waals surface area contributed by atoms with Crippen molar-refractivity contribution in [2.45, 2.75) is 6.54 Å². The van der Waals surface area contributed by atoms with Crippen molar-refractivity contribution in [3.05, 3.63) is 30.5 Å². The van der Waals surface area contributed by atoms with Crippen LogP contribution in [0, 0.1) is 0 Å². The molecule has 0 saturated carbocycles. The zero-order valence-corrected chi connectivity index (χ0v) is 9.88. The third-order valence-electron chi connectivity index (χ3n) is 1.96. The van der Waals surface area contributed by atoms with Crippen LogP contribution < -0.4 is 0 Å². The van der Waals surface area contributed by atoms with Crippen molar-refractivity contribution >= 4 is 5.78 Å². The fraction of sp³-hybridized carbons (Fsp3) is 0.455. The Morgan fingerprint density at radius 3 is 3.00 bits per heavy atom. The van der Waals surface area contributed by atoms with E-state index in [0.29, 0.717) is 18.8 Å². The Bertz CT molecular complexity index is 369. The molecule has 5 heteroatoms. The largest absolute Gasteiger partial charge is 0.383 e. The molecule has 88 valence electrons. The first-order valence-corrected chi connectivity index (χ1v) is 5.03. The van der Waals surface area contributed by atoms with Gasteiger partial charge in [-0.15, -0.1) is 0 Å². The van der Waals surface area contributed by atoms with Gasteiger partial charge in [-0.25, -0.2) is 4.98 Å². The van der Waals surface area contributed by atoms with Gasteiger partial charge in [0, 0.05) is 46.2 Å². The van der Waals surface area contributed by atoms with Crippen LogP contribution >= 0.6 is 0 Å². The number of hydrogen-bond acceptors (Lipinski definition) is 4. The summed E-state index contributed by atoms with van der Waals surface area (Å²) in [6.07, 6.45) is 6.57. The summed E-state index contributed by atoms with van der Waals surface area (Å²) in [7, 11) is 5.37. The zero-order chi connectivity index (χ0) is 12.0. The van der Waals surface area contributed by atoms with Gasteiger partial charge < -0.3 is 14.2 Å². The third-order valence-corrected chi connectivity index (χ3v) is 1.96. The van der Waals surface area contributed by atoms with E-state index < -0.39 is 0 Å². The fourth-order valence-electron chi connectivity index (χ4n) is 1.11. The van der Waals surface area contributed by atoms with Gasteiger partial charge in [0.05, 0.1) is 12.9 Å². The van der Waals surface area contributed by atoms with Crippen molar-refractivity contribution in [3.8, 4) is 0 Å². The van der Waals surface area contributed by atoms with Gasteiger partial charge in [-0.05, 0) is 0 Å². The average molecular weight is 223 g/mol. The van der Waals surface area contributed by atoms with E-state index in [1.807, 2.05) is 18.7 Å². The number of carbonyl (C=O) groups excluding carboxylic acids is 1. The SMILES string of the molecule is COCCn1cnc(C(=O)/C=C/N(C)C)c1. The molecule has 1 aromatic rings. The van der Waals surface area contributed by atoms with Crippen LogP contribution in [0.4, 0.5) is 0 Å². The molecular weight excluding hydrogens is 206 g/mol. The molecule has 0 spiro atoms. The highest BCUT2D eigenvalue weighted by molar-refractivity contribution is 6.02. The molecule has 1 heterocycles. The van der Waals surface area contributed by atoms with Crippen molar-refractivity contribution in [2.24, 2.45) is 0 Å². The zero-order valence-electron chi connectivity index (χ0n) is 9.88. The molecule has 0 aliphatic heterocycles. The van der Waals surface area contributed by atoms with Gasteiger partial charge in [0.15, 0.2) is 0 Å². The maximum absolute atomic E-state index is 11.6. The molecule has 1 aromatic heterocycles. The van der Waals surface area contributed by atoms with Crippen LogP contribution in [-0.4, -0.2) is 48.0 Å². The van der Waals surface area contributed by atoms with E-state index in [1.54, 1.807) is 30.7 Å². The number of ether oxygens (including phenoxy) is 1. The summed E-state index contributed by atoms with van der Waals surface area (Å²) < 4.78 is 6.77. The number of nitrogens with zero attached hydrogens (tertiary/aromatic N) is 3. The highest BCUT2D eigenvalue weighted by Gasteiger charge is 2.05. The molecule has 16 heavy (non-hydrogen) atoms. The lowest BCUT2D eigenvalue weighted by Crippen LogP contribution is -2.04. The molecule has 0 radical (unpaired) electrons. The fourth-order valence-corrected chi connectivity index (χ4v) is 1.11. The molecule has 0 bridgehead atoms. The van der Waals surface area contributed by atoms with Crippen LogP contribution in [0.15, 0.2) is 24.8 Å². The molecule has 0 saturated heterocycles. The van der Waals surface area contributed by atoms with Gasteiger partial charge in [-0.2, -0.15) is 0 Å². The molecule has 0 aromatic carbocycles. The molecule has 0 unspecified atom stereocenters. The van der Waals surface area contributed by atoms with E-state index in [9.17, 15) is 4.79 Å². The van der Waals surface area contributed by atoms with Crippen LogP contribution in [0.5, 0.6) is 0 Å². The average Bonchev–Trinajstić information content (AvgIpc) is 2.71. The van der Waals surface area contributed by atoms with Crippen molar-refractivity contribution in [1.29, 1.82) is 0 Å². The minimum Gasteiger partial charge on any atom is -0.383 e. The molecule has 0 amide bonds. The van der Waals surface area contributed by atoms with Gasteiger partial charge in [0.25, 0.3) is 0 Å². The number of carbonyl (C=O) groups is 1. The van der Waals surface area contributed by atoms with Crippen LogP contribution in [0.3, 0.4) is 0 Å². The highest BCUT2D eigenvalue weighted by atomic mass is 16.5. The van der Waals surface area contributed by atoms with Gasteiger partial charge in [-0.1, -0.05) is 0 Å². The van der Waals surface area contributed by atoms with Gasteiger partial charge in [-0.3, -0.25) is 4.79 Å². The normalized spacial score (nSPS) is 10.9. The van der Waals surface area contributed by atoms with E-state index in [4.69, 9.17) is 4.74 Å². The van der Waals surface area contributed by atoms with E-state index in [0.717, 1.165) is 0 Å². The first-order chi connectivity index (χ1) is 7.63. The Labute approximate surface area is 95.3 Å². The molecule has 0 aliphatic rings. The quantitative estimate of drug-likeness (QED) is 0.528. The monoisotopic (exact) mass is 223 g/mol. The number of methoxy groups -OCH3 is 1. The van der Waals surface area contributed by atoms with Gasteiger partial charge >= 0.3 is 0 Å². The van der Waals surface area contributed by atoms with Gasteiger partial charge in [0.1, 0.15) is 5.69 Å². The van der Waals surface area contributed by atoms with Gasteiger partial charge in [0.2, 0.25) is 5.78 Å². The summed E-state index contributed by atoms with van der Waals surface area (Å²) >= 11 is 0. The summed E-state index contributed by atoms with van der Waals surface area (Å²) in [5.74, 6) is -0.0927. The molecule has 0 atom stereocenters. The van der Waals surface area contributed by atoms with Crippen molar-refractivity contribution in [3.63, 3.8) is 0 Å². The molecule has 5 nitrogen and oxygen atoms in total. The highest BCUT2D eigenvalue weighted by Crippen LogP contribution is 1.99. The third kappa shape index (κ3) is 3.86. The lowest BCUT2D eigenvalue weighted by Gasteiger charge is -2.01. The predicted octanol–water partition coefficient (Wildman–Crippen LogP) is 0.788. The lowest BCUT2D eigenvalue weighted by atomic mass is 10.3. The van der Waals surface area contributed by atoms with Crippen LogP contribution in [-0.2, 0) is 11.3 Å². The number of aromatic nitrogens is 2. The van der Waals surface area contributed by atoms with Crippen LogP contribution in [0.1, 0.15) is 10.5 Å². The summed E-state index contributed by atoms with van der Waals surface area (Å²) in [6, 6.07) is 0. The Balaban J connectivity index is 2.59. The number of rotatable bonds is 6. The Morgan fingerprint density at radius 2 is 2.38 bits per heavy atom. The molecular formula is C11H17N3O2. The topological polar surface area (TPSA) is 47.4 Å². The summed E-state index contributed by atoms with van der Waals surface area (Å²) in [4.78, 5) is 17.5. The Morgan fingerprint density at radius 1 is 1.62 bits per heavy atom. The summed E-state index contributed by atoms with van der Waals surface area (Å²) in [5.41, 5.74) is 0.453. The minimum absolute atomic E-state index is 0.0927. The minimum atomic E-state index is -0.0927. The lowest BCUT2D eigenvalue weighted by molar-refractivity contribution is 0.104. The predicted molar refractivity (Wildman–Crippen MR) is 61.3 cm³/mol. The van der Waals surface area contributed by atoms with Crippen molar-refractivity contribution in [2.75, 3.05) is 27.8 Å². The van der Waals surface area contributed by atoms with Crippen molar-refractivity contribution in [1.82, 2.24) is 14.5 Å². The molecule has 1 rings (SSSR count). The van der Waals surface area contributed by atoms with Crippen LogP contribution in [0.2, 0.25) is 0 Å². The second kappa shape index (κ2) is 6.07. The summed E-state index contributed by atoms with van der Waals surface area (Å²) in [5, 5.41) is 0. The van der Waals surface area contributed by atoms with Crippen molar-refractivity contribution < 1.29 is 9.53 Å². The van der Waals surface area contributed by atoms with E-state index in [2.05, 4.69) is 4.98 Å². The number of allylic oxidation sites excluding steroid dienone is 1.